The van der Waals surface area contributed by atoms with Gasteiger partial charge in [0.15, 0.2) is 0 Å². The van der Waals surface area contributed by atoms with Crippen LogP contribution >= 0.6 is 0 Å². The van der Waals surface area contributed by atoms with Crippen LogP contribution in [0.15, 0.2) is 0 Å². The summed E-state index contributed by atoms with van der Waals surface area (Å²) < 4.78 is 11.2. The molecule has 0 aromatic heterocycles. The van der Waals surface area contributed by atoms with Gasteiger partial charge in [-0.05, 0) is 30.1 Å². The van der Waals surface area contributed by atoms with Crippen molar-refractivity contribution in [3.05, 3.63) is 57.8 Å². The molecule has 31 heavy (non-hydrogen) atoms. The molecule has 0 N–H and O–H groups in total. The summed E-state index contributed by atoms with van der Waals surface area (Å²) in [4.78, 5) is 0. The molecule has 2 fully saturated rings. The Morgan fingerprint density at radius 1 is 0.484 bits per heavy atom. The molecule has 2 atom stereocenters. The fourth-order valence-electron chi connectivity index (χ4n) is 3.05. The largest absolute Gasteiger partial charge is 0.549 e. The van der Waals surface area contributed by atoms with Gasteiger partial charge < -0.3 is 54.0 Å². The maximum Gasteiger partial charge on any atom is 0.0258 e. The minimum atomic E-state index is 0. The summed E-state index contributed by atoms with van der Waals surface area (Å²) in [7, 11) is 0. The summed E-state index contributed by atoms with van der Waals surface area (Å²) in [6.45, 7) is 31.0. The number of rotatable bonds is 0. The van der Waals surface area contributed by atoms with Crippen molar-refractivity contribution >= 4 is 0 Å². The van der Waals surface area contributed by atoms with E-state index < -0.39 is 0 Å². The van der Waals surface area contributed by atoms with E-state index in [4.69, 9.17) is 9.47 Å². The van der Waals surface area contributed by atoms with E-state index in [9.17, 15) is 0 Å². The summed E-state index contributed by atoms with van der Waals surface area (Å²) in [5.41, 5.74) is 1.10. The standard InChI is InChI=1S/C12H23O.C9H17O.6CH3.2W/c1-9-11(4,5)12(6,7)10(2,3)8-13-9;1-7-9(4,5)8(2,3)6-10-7;;;;;;;;/h8-9H,1-7H3;6-7H,1-5H3;6*1H3;;/q8*-1;;. The van der Waals surface area contributed by atoms with Crippen LogP contribution in [-0.2, 0) is 51.6 Å². The van der Waals surface area contributed by atoms with Crippen LogP contribution in [0, 0.1) is 84.8 Å². The van der Waals surface area contributed by atoms with E-state index in [2.05, 4.69) is 83.1 Å². The Kier molecular flexibility index (Phi) is 29.1. The Hall–Kier alpha value is 1.30. The van der Waals surface area contributed by atoms with Gasteiger partial charge in [-0.2, -0.15) is 0 Å². The van der Waals surface area contributed by atoms with E-state index in [0.717, 1.165) is 0 Å². The molecule has 0 aliphatic carbocycles. The Morgan fingerprint density at radius 3 is 0.935 bits per heavy atom. The fourth-order valence-corrected chi connectivity index (χ4v) is 3.05. The van der Waals surface area contributed by atoms with E-state index in [0.29, 0.717) is 12.2 Å². The van der Waals surface area contributed by atoms with Crippen molar-refractivity contribution in [2.75, 3.05) is 0 Å². The normalized spacial score (nSPS) is 26.7. The summed E-state index contributed by atoms with van der Waals surface area (Å²) >= 11 is 0. The molecule has 2 rings (SSSR count). The maximum absolute atomic E-state index is 5.72. The Morgan fingerprint density at radius 2 is 0.742 bits per heavy atom. The molecule has 0 amide bonds. The van der Waals surface area contributed by atoms with Crippen molar-refractivity contribution in [2.45, 2.75) is 95.3 Å². The molecule has 0 radical (unpaired) electrons. The molecule has 0 aromatic carbocycles. The van der Waals surface area contributed by atoms with Crippen LogP contribution in [0.4, 0.5) is 0 Å². The molecule has 2 aliphatic heterocycles. The second kappa shape index (κ2) is 16.8. The van der Waals surface area contributed by atoms with Gasteiger partial charge in [-0.25, -0.2) is 13.2 Å². The summed E-state index contributed by atoms with van der Waals surface area (Å²) in [5, 5.41) is 0. The van der Waals surface area contributed by atoms with Gasteiger partial charge in [-0.15, -0.1) is 10.8 Å². The molecule has 0 saturated carbocycles. The van der Waals surface area contributed by atoms with E-state index >= 15 is 0 Å². The van der Waals surface area contributed by atoms with E-state index in [-0.39, 0.29) is 114 Å². The van der Waals surface area contributed by atoms with Crippen molar-refractivity contribution in [1.29, 1.82) is 0 Å². The fraction of sp³-hybridized carbons (Fsp3) is 0.704. The number of ether oxygens (including phenoxy) is 2. The first-order chi connectivity index (χ1) is 10.0. The van der Waals surface area contributed by atoms with Crippen LogP contribution in [0.5, 0.6) is 0 Å². The van der Waals surface area contributed by atoms with Gasteiger partial charge in [0.05, 0.1) is 0 Å². The molecule has 0 bridgehead atoms. The summed E-state index contributed by atoms with van der Waals surface area (Å²) in [6, 6.07) is 0. The SMILES string of the molecule is CC1O[CH-]C(C)(C)C(C)(C)C1(C)C.CC1O[CH-]C(C)(C)C1(C)C.[CH3-].[CH3-].[CH3-].[CH3-].[CH3-].[CH3-].[W].[W]. The third kappa shape index (κ3) is 9.82. The zero-order valence-corrected chi connectivity index (χ0v) is 30.3. The first-order valence-electron chi connectivity index (χ1n) is 9.00. The molecule has 2 nitrogen and oxygen atoms in total. The first kappa shape index (κ1) is 53.6. The van der Waals surface area contributed by atoms with Gasteiger partial charge in [0.1, 0.15) is 0 Å². The van der Waals surface area contributed by atoms with Crippen LogP contribution in [0.1, 0.15) is 83.1 Å². The zero-order valence-electron chi connectivity index (χ0n) is 24.4. The van der Waals surface area contributed by atoms with Gasteiger partial charge in [0.25, 0.3) is 0 Å². The molecule has 2 unspecified atom stereocenters. The van der Waals surface area contributed by atoms with Gasteiger partial charge >= 0.3 is 0 Å². The van der Waals surface area contributed by atoms with Gasteiger partial charge in [0.2, 0.25) is 0 Å². The molecule has 198 valence electrons. The topological polar surface area (TPSA) is 18.5 Å². The molecule has 2 saturated heterocycles. The van der Waals surface area contributed by atoms with E-state index in [1.54, 1.807) is 0 Å². The molecular formula is C27H58O2W2-8. The zero-order chi connectivity index (χ0) is 18.5. The van der Waals surface area contributed by atoms with Crippen LogP contribution in [-0.4, -0.2) is 12.2 Å². The van der Waals surface area contributed by atoms with Gasteiger partial charge in [0, 0.05) is 54.3 Å². The molecule has 0 aromatic rings. The van der Waals surface area contributed by atoms with Crippen LogP contribution in [0.3, 0.4) is 0 Å². The van der Waals surface area contributed by atoms with Gasteiger partial charge in [-0.3, -0.25) is 0 Å². The number of hydrogen-bond acceptors (Lipinski definition) is 2. The number of hydrogen-bond donors (Lipinski definition) is 0. The van der Waals surface area contributed by atoms with Crippen molar-refractivity contribution in [1.82, 2.24) is 0 Å². The summed E-state index contributed by atoms with van der Waals surface area (Å²) in [5.74, 6) is 0. The third-order valence-corrected chi connectivity index (χ3v) is 8.05. The Bertz CT molecular complexity index is 427. The molecule has 2 aliphatic rings. The molecule has 0 spiro atoms. The van der Waals surface area contributed by atoms with Crippen molar-refractivity contribution in [3.63, 3.8) is 0 Å². The third-order valence-electron chi connectivity index (χ3n) is 8.05. The quantitative estimate of drug-likeness (QED) is 0.229. The second-order valence-corrected chi connectivity index (χ2v) is 10.3. The minimum absolute atomic E-state index is 0. The van der Waals surface area contributed by atoms with Crippen molar-refractivity contribution in [2.24, 2.45) is 27.1 Å². The monoisotopic (exact) mass is 782 g/mol. The average molecular weight is 782 g/mol. The van der Waals surface area contributed by atoms with Crippen LogP contribution < -0.4 is 0 Å². The molecule has 4 heteroatoms. The van der Waals surface area contributed by atoms with Crippen LogP contribution in [0.25, 0.3) is 0 Å². The smallest absolute Gasteiger partial charge is 0.0258 e. The molecular weight excluding hydrogens is 724 g/mol. The maximum atomic E-state index is 5.72. The average Bonchev–Trinajstić information content (AvgIpc) is 2.57. The minimum Gasteiger partial charge on any atom is -0.549 e. The molecule has 2 heterocycles. The second-order valence-electron chi connectivity index (χ2n) is 10.3. The van der Waals surface area contributed by atoms with Crippen molar-refractivity contribution in [3.8, 4) is 0 Å². The van der Waals surface area contributed by atoms with E-state index in [1.807, 2.05) is 13.2 Å². The Balaban J connectivity index is -0.0000000459. The van der Waals surface area contributed by atoms with Crippen LogP contribution in [0.2, 0.25) is 0 Å². The summed E-state index contributed by atoms with van der Waals surface area (Å²) in [6.07, 6.45) is 0.651. The Labute approximate surface area is 230 Å². The predicted octanol–water partition coefficient (Wildman–Crippen LogP) is 8.96. The first-order valence-corrected chi connectivity index (χ1v) is 9.00. The van der Waals surface area contributed by atoms with Crippen molar-refractivity contribution < 1.29 is 51.6 Å². The van der Waals surface area contributed by atoms with Gasteiger partial charge in [-0.1, -0.05) is 69.2 Å². The predicted molar refractivity (Wildman–Crippen MR) is 137 cm³/mol. The van der Waals surface area contributed by atoms with E-state index in [1.165, 1.54) is 0 Å².